The van der Waals surface area contributed by atoms with E-state index in [1.54, 1.807) is 0 Å². The fraction of sp³-hybridized carbons (Fsp3) is 0.952. The first-order chi connectivity index (χ1) is 11.7. The summed E-state index contributed by atoms with van der Waals surface area (Å²) in [5.74, 6) is -0.0749. The summed E-state index contributed by atoms with van der Waals surface area (Å²) in [6.07, 6.45) is 17.7. The van der Waals surface area contributed by atoms with Gasteiger partial charge in [0.2, 0.25) is 0 Å². The van der Waals surface area contributed by atoms with E-state index in [4.69, 9.17) is 4.74 Å². The Labute approximate surface area is 151 Å². The van der Waals surface area contributed by atoms with Crippen molar-refractivity contribution < 1.29 is 9.53 Å². The molecule has 0 aromatic heterocycles. The van der Waals surface area contributed by atoms with Gasteiger partial charge in [-0.1, -0.05) is 78.1 Å². The Balaban J connectivity index is 3.84. The van der Waals surface area contributed by atoms with Gasteiger partial charge in [0.15, 0.2) is 0 Å². The van der Waals surface area contributed by atoms with E-state index in [9.17, 15) is 4.79 Å². The zero-order valence-corrected chi connectivity index (χ0v) is 16.8. The predicted octanol–water partition coefficient (Wildman–Crippen LogP) is 5.96. The topological polar surface area (TPSA) is 29.5 Å². The summed E-state index contributed by atoms with van der Waals surface area (Å²) in [6.45, 7) is 7.97. The van der Waals surface area contributed by atoms with Gasteiger partial charge >= 0.3 is 5.97 Å². The van der Waals surface area contributed by atoms with Crippen LogP contribution < -0.4 is 0 Å². The number of hydrogen-bond donors (Lipinski definition) is 0. The second-order valence-corrected chi connectivity index (χ2v) is 7.06. The Bertz CT molecular complexity index is 253. The number of carbonyl (C=O) groups excluding carboxylic acids is 1. The van der Waals surface area contributed by atoms with Crippen molar-refractivity contribution >= 4 is 5.97 Å². The summed E-state index contributed by atoms with van der Waals surface area (Å²) < 4.78 is 4.75. The molecule has 144 valence electrons. The Kier molecular flexibility index (Phi) is 18.3. The SMILES string of the molecule is CCCCCCCCN(CCCCCCCC)CCCC(=O)OC. The van der Waals surface area contributed by atoms with Crippen molar-refractivity contribution in [3.8, 4) is 0 Å². The van der Waals surface area contributed by atoms with Gasteiger partial charge in [-0.2, -0.15) is 0 Å². The summed E-state index contributed by atoms with van der Waals surface area (Å²) >= 11 is 0. The maximum Gasteiger partial charge on any atom is 0.305 e. The standard InChI is InChI=1S/C21H43NO2/c1-4-6-8-10-12-14-18-22(20-16-17-21(23)24-3)19-15-13-11-9-7-5-2/h4-20H2,1-3H3. The molecule has 0 amide bonds. The monoisotopic (exact) mass is 341 g/mol. The van der Waals surface area contributed by atoms with Crippen molar-refractivity contribution in [1.82, 2.24) is 4.90 Å². The van der Waals surface area contributed by atoms with Crippen LogP contribution in [0.3, 0.4) is 0 Å². The van der Waals surface area contributed by atoms with Crippen LogP contribution in [0.15, 0.2) is 0 Å². The first-order valence-corrected chi connectivity index (χ1v) is 10.5. The van der Waals surface area contributed by atoms with E-state index in [1.165, 1.54) is 97.2 Å². The number of rotatable bonds is 18. The van der Waals surface area contributed by atoms with E-state index in [0.29, 0.717) is 6.42 Å². The molecule has 0 saturated carbocycles. The average molecular weight is 342 g/mol. The summed E-state index contributed by atoms with van der Waals surface area (Å²) in [7, 11) is 1.48. The van der Waals surface area contributed by atoms with E-state index in [-0.39, 0.29) is 5.97 Å². The lowest BCUT2D eigenvalue weighted by Crippen LogP contribution is -2.27. The van der Waals surface area contributed by atoms with Gasteiger partial charge in [0.1, 0.15) is 0 Å². The third kappa shape index (κ3) is 16.3. The highest BCUT2D eigenvalue weighted by Crippen LogP contribution is 2.10. The minimum Gasteiger partial charge on any atom is -0.469 e. The average Bonchev–Trinajstić information content (AvgIpc) is 2.60. The molecule has 0 aromatic rings. The molecular weight excluding hydrogens is 298 g/mol. The molecule has 0 saturated heterocycles. The second kappa shape index (κ2) is 18.8. The molecular formula is C21H43NO2. The van der Waals surface area contributed by atoms with Crippen molar-refractivity contribution in [2.75, 3.05) is 26.7 Å². The maximum absolute atomic E-state index is 11.3. The predicted molar refractivity (Wildman–Crippen MR) is 104 cm³/mol. The van der Waals surface area contributed by atoms with Gasteiger partial charge in [-0.15, -0.1) is 0 Å². The normalized spacial score (nSPS) is 11.2. The Morgan fingerprint density at radius 1 is 0.667 bits per heavy atom. The molecule has 24 heavy (non-hydrogen) atoms. The Morgan fingerprint density at radius 3 is 1.54 bits per heavy atom. The molecule has 0 aliphatic heterocycles. The van der Waals surface area contributed by atoms with Crippen LogP contribution in [-0.2, 0) is 9.53 Å². The third-order valence-corrected chi connectivity index (χ3v) is 4.74. The summed E-state index contributed by atoms with van der Waals surface area (Å²) in [4.78, 5) is 13.8. The van der Waals surface area contributed by atoms with Gasteiger partial charge in [0, 0.05) is 6.42 Å². The molecule has 3 heteroatoms. The lowest BCUT2D eigenvalue weighted by Gasteiger charge is -2.22. The smallest absolute Gasteiger partial charge is 0.305 e. The fourth-order valence-electron chi connectivity index (χ4n) is 3.12. The number of esters is 1. The molecule has 0 radical (unpaired) electrons. The van der Waals surface area contributed by atoms with Gasteiger partial charge < -0.3 is 9.64 Å². The first-order valence-electron chi connectivity index (χ1n) is 10.5. The largest absolute Gasteiger partial charge is 0.469 e. The van der Waals surface area contributed by atoms with Crippen molar-refractivity contribution in [3.05, 3.63) is 0 Å². The molecule has 0 aliphatic carbocycles. The highest BCUT2D eigenvalue weighted by molar-refractivity contribution is 5.69. The lowest BCUT2D eigenvalue weighted by atomic mass is 10.1. The van der Waals surface area contributed by atoms with E-state index in [2.05, 4.69) is 18.7 Å². The maximum atomic E-state index is 11.3. The van der Waals surface area contributed by atoms with Crippen LogP contribution in [0.4, 0.5) is 0 Å². The molecule has 0 aliphatic rings. The van der Waals surface area contributed by atoms with Gasteiger partial charge in [0.25, 0.3) is 0 Å². The fourth-order valence-corrected chi connectivity index (χ4v) is 3.12. The minimum atomic E-state index is -0.0749. The number of hydrogen-bond acceptors (Lipinski definition) is 3. The zero-order valence-electron chi connectivity index (χ0n) is 16.8. The van der Waals surface area contributed by atoms with Crippen molar-refractivity contribution in [1.29, 1.82) is 0 Å². The number of nitrogens with zero attached hydrogens (tertiary/aromatic N) is 1. The van der Waals surface area contributed by atoms with Crippen LogP contribution in [0.2, 0.25) is 0 Å². The quantitative estimate of drug-likeness (QED) is 0.227. The second-order valence-electron chi connectivity index (χ2n) is 7.06. The third-order valence-electron chi connectivity index (χ3n) is 4.74. The molecule has 0 N–H and O–H groups in total. The summed E-state index contributed by atoms with van der Waals surface area (Å²) in [5.41, 5.74) is 0. The summed E-state index contributed by atoms with van der Waals surface area (Å²) in [6, 6.07) is 0. The number of ether oxygens (including phenoxy) is 1. The molecule has 0 fully saturated rings. The van der Waals surface area contributed by atoms with Gasteiger partial charge in [-0.05, 0) is 38.9 Å². The molecule has 0 unspecified atom stereocenters. The minimum absolute atomic E-state index is 0.0749. The summed E-state index contributed by atoms with van der Waals surface area (Å²) in [5, 5.41) is 0. The van der Waals surface area contributed by atoms with Crippen LogP contribution in [-0.4, -0.2) is 37.6 Å². The Morgan fingerprint density at radius 2 is 1.08 bits per heavy atom. The van der Waals surface area contributed by atoms with Crippen LogP contribution in [0.25, 0.3) is 0 Å². The highest BCUT2D eigenvalue weighted by atomic mass is 16.5. The number of carbonyl (C=O) groups is 1. The molecule has 0 atom stereocenters. The van der Waals surface area contributed by atoms with Gasteiger partial charge in [-0.3, -0.25) is 4.79 Å². The van der Waals surface area contributed by atoms with E-state index < -0.39 is 0 Å². The lowest BCUT2D eigenvalue weighted by molar-refractivity contribution is -0.140. The van der Waals surface area contributed by atoms with Crippen LogP contribution in [0, 0.1) is 0 Å². The van der Waals surface area contributed by atoms with Crippen LogP contribution in [0.5, 0.6) is 0 Å². The number of unbranched alkanes of at least 4 members (excludes halogenated alkanes) is 10. The van der Waals surface area contributed by atoms with Crippen molar-refractivity contribution in [2.45, 2.75) is 104 Å². The molecule has 0 aromatic carbocycles. The molecule has 0 bridgehead atoms. The van der Waals surface area contributed by atoms with Crippen LogP contribution >= 0.6 is 0 Å². The van der Waals surface area contributed by atoms with Crippen molar-refractivity contribution in [3.63, 3.8) is 0 Å². The highest BCUT2D eigenvalue weighted by Gasteiger charge is 2.07. The van der Waals surface area contributed by atoms with E-state index in [0.717, 1.165) is 13.0 Å². The van der Waals surface area contributed by atoms with E-state index >= 15 is 0 Å². The van der Waals surface area contributed by atoms with Gasteiger partial charge in [-0.25, -0.2) is 0 Å². The molecule has 0 heterocycles. The number of methoxy groups -OCH3 is 1. The molecule has 3 nitrogen and oxygen atoms in total. The Hall–Kier alpha value is -0.570. The molecule has 0 rings (SSSR count). The van der Waals surface area contributed by atoms with E-state index in [1.807, 2.05) is 0 Å². The first kappa shape index (κ1) is 23.4. The zero-order chi connectivity index (χ0) is 17.9. The van der Waals surface area contributed by atoms with Gasteiger partial charge in [0.05, 0.1) is 7.11 Å². The molecule has 0 spiro atoms. The van der Waals surface area contributed by atoms with Crippen LogP contribution in [0.1, 0.15) is 104 Å². The van der Waals surface area contributed by atoms with Crippen molar-refractivity contribution in [2.24, 2.45) is 0 Å².